The second-order valence-corrected chi connectivity index (χ2v) is 19.0. The zero-order valence-corrected chi connectivity index (χ0v) is 28.2. The van der Waals surface area contributed by atoms with Gasteiger partial charge in [-0.3, -0.25) is 0 Å². The maximum atomic E-state index is 12.7. The highest BCUT2D eigenvalue weighted by atomic mass is 16.8. The van der Waals surface area contributed by atoms with Gasteiger partial charge in [-0.2, -0.15) is 0 Å². The summed E-state index contributed by atoms with van der Waals surface area (Å²) >= 11 is 0. The summed E-state index contributed by atoms with van der Waals surface area (Å²) in [5, 5.41) is 43.6. The van der Waals surface area contributed by atoms with E-state index in [1.54, 1.807) is 0 Å². The lowest BCUT2D eigenvalue weighted by molar-refractivity contribution is -0.303. The van der Waals surface area contributed by atoms with Crippen LogP contribution in [0.15, 0.2) is 0 Å². The van der Waals surface area contributed by atoms with Crippen LogP contribution in [0.25, 0.3) is 0 Å². The molecule has 5 saturated carbocycles. The molecule has 1 unspecified atom stereocenters. The van der Waals surface area contributed by atoms with Crippen molar-refractivity contribution < 1.29 is 39.4 Å². The Balaban J connectivity index is 1.10. The van der Waals surface area contributed by atoms with Gasteiger partial charge in [-0.15, -0.1) is 0 Å². The van der Waals surface area contributed by atoms with Gasteiger partial charge in [0.15, 0.2) is 12.1 Å². The minimum atomic E-state index is -1.27. The van der Waals surface area contributed by atoms with E-state index < -0.39 is 36.5 Å². The Labute approximate surface area is 263 Å². The van der Waals surface area contributed by atoms with Gasteiger partial charge in [0.2, 0.25) is 0 Å². The molecule has 8 aliphatic rings. The Bertz CT molecular complexity index is 1200. The maximum Gasteiger partial charge on any atom is 0.199 e. The molecule has 3 heterocycles. The van der Waals surface area contributed by atoms with Crippen molar-refractivity contribution in [2.24, 2.45) is 56.2 Å². The van der Waals surface area contributed by atoms with Gasteiger partial charge in [-0.25, -0.2) is 0 Å². The molecule has 250 valence electrons. The van der Waals surface area contributed by atoms with Crippen LogP contribution in [-0.4, -0.2) is 81.8 Å². The van der Waals surface area contributed by atoms with Gasteiger partial charge in [-0.05, 0) is 96.2 Å². The van der Waals surface area contributed by atoms with E-state index in [-0.39, 0.29) is 63.3 Å². The summed E-state index contributed by atoms with van der Waals surface area (Å²) in [6.07, 6.45) is 3.35. The van der Waals surface area contributed by atoms with Crippen LogP contribution in [0.2, 0.25) is 0 Å². The minimum absolute atomic E-state index is 0.0129. The lowest BCUT2D eigenvalue weighted by atomic mass is 9.41. The summed E-state index contributed by atoms with van der Waals surface area (Å²) in [4.78, 5) is 0. The number of aliphatic hydroxyl groups is 4. The van der Waals surface area contributed by atoms with Crippen LogP contribution in [0.3, 0.4) is 0 Å². The van der Waals surface area contributed by atoms with Crippen LogP contribution >= 0.6 is 0 Å². The van der Waals surface area contributed by atoms with Crippen molar-refractivity contribution in [1.82, 2.24) is 0 Å². The first kappa shape index (κ1) is 31.0. The lowest BCUT2D eigenvalue weighted by Gasteiger charge is -2.63. The van der Waals surface area contributed by atoms with Gasteiger partial charge in [0.1, 0.15) is 24.4 Å². The molecule has 17 atom stereocenters. The molecule has 8 rings (SSSR count). The third-order valence-electron chi connectivity index (χ3n) is 16.0. The fraction of sp³-hybridized carbons (Fsp3) is 1.00. The average Bonchev–Trinajstić information content (AvgIpc) is 3.45. The Morgan fingerprint density at radius 2 is 1.50 bits per heavy atom. The third-order valence-corrected chi connectivity index (χ3v) is 16.0. The summed E-state index contributed by atoms with van der Waals surface area (Å²) in [5.74, 6) is 0.586. The number of ether oxygens (including phenoxy) is 4. The fourth-order valence-electron chi connectivity index (χ4n) is 14.1. The van der Waals surface area contributed by atoms with E-state index in [0.29, 0.717) is 17.8 Å². The van der Waals surface area contributed by atoms with Crippen molar-refractivity contribution in [3.63, 3.8) is 0 Å². The number of aliphatic hydroxyl groups excluding tert-OH is 4. The Hall–Kier alpha value is -0.320. The van der Waals surface area contributed by atoms with E-state index in [1.165, 1.54) is 12.8 Å². The highest BCUT2D eigenvalue weighted by Gasteiger charge is 2.88. The largest absolute Gasteiger partial charge is 0.388 e. The van der Waals surface area contributed by atoms with Crippen LogP contribution in [-0.2, 0) is 18.9 Å². The number of fused-ring (bicyclic) bond motifs is 4. The van der Waals surface area contributed by atoms with Crippen molar-refractivity contribution in [1.29, 1.82) is 0 Å². The Kier molecular flexibility index (Phi) is 6.35. The quantitative estimate of drug-likeness (QED) is 0.337. The Morgan fingerprint density at radius 1 is 0.818 bits per heavy atom. The molecule has 0 aromatic rings. The van der Waals surface area contributed by atoms with Gasteiger partial charge >= 0.3 is 0 Å². The predicted molar refractivity (Wildman–Crippen MR) is 162 cm³/mol. The zero-order valence-electron chi connectivity index (χ0n) is 28.2. The standard InChI is InChI=1S/C36H58O8/c1-18-15-20-27(30(2,3)4)44-36(43-20)26(18)32(7)13-14-35-17-34(35)12-11-23(42-28-25(39)24(38)19(37)16-41-28)31(5,6)21(34)9-10-22(35)33(32,8)29(36)40/h18-29,37-40H,9-17H2,1-8H3/t18-,19-,20-,21+,22+,23+,24+,25-,26-,27+,28+,29-,32-,33-,34-,35+,36?/m1/s1. The van der Waals surface area contributed by atoms with Crippen LogP contribution in [0, 0.1) is 56.2 Å². The number of hydrogen-bond acceptors (Lipinski definition) is 8. The van der Waals surface area contributed by atoms with Gasteiger partial charge < -0.3 is 39.4 Å². The molecular weight excluding hydrogens is 560 g/mol. The van der Waals surface area contributed by atoms with Crippen molar-refractivity contribution in [3.05, 3.63) is 0 Å². The number of rotatable bonds is 2. The van der Waals surface area contributed by atoms with Crippen molar-refractivity contribution in [3.8, 4) is 0 Å². The number of hydrogen-bond donors (Lipinski definition) is 4. The minimum Gasteiger partial charge on any atom is -0.388 e. The first-order chi connectivity index (χ1) is 20.4. The smallest absolute Gasteiger partial charge is 0.199 e. The normalized spacial score (nSPS) is 62.2. The molecule has 8 fully saturated rings. The molecule has 0 aromatic heterocycles. The lowest BCUT2D eigenvalue weighted by Crippen LogP contribution is -2.61. The fourth-order valence-corrected chi connectivity index (χ4v) is 14.1. The molecule has 2 bridgehead atoms. The monoisotopic (exact) mass is 618 g/mol. The molecular formula is C36H58O8. The van der Waals surface area contributed by atoms with E-state index >= 15 is 0 Å². The van der Waals surface area contributed by atoms with Crippen LogP contribution in [0.5, 0.6) is 0 Å². The van der Waals surface area contributed by atoms with E-state index in [4.69, 9.17) is 18.9 Å². The molecule has 0 amide bonds. The van der Waals surface area contributed by atoms with Gasteiger partial charge in [-0.1, -0.05) is 55.4 Å². The topological polar surface area (TPSA) is 118 Å². The zero-order chi connectivity index (χ0) is 31.6. The van der Waals surface area contributed by atoms with E-state index in [1.807, 2.05) is 0 Å². The molecule has 0 radical (unpaired) electrons. The van der Waals surface area contributed by atoms with Gasteiger partial charge in [0.25, 0.3) is 0 Å². The summed E-state index contributed by atoms with van der Waals surface area (Å²) in [7, 11) is 0. The first-order valence-electron chi connectivity index (χ1n) is 17.8. The second kappa shape index (κ2) is 9.02. The Morgan fingerprint density at radius 3 is 2.20 bits per heavy atom. The molecule has 8 nitrogen and oxygen atoms in total. The third kappa shape index (κ3) is 3.39. The molecule has 5 aliphatic carbocycles. The van der Waals surface area contributed by atoms with E-state index in [0.717, 1.165) is 38.5 Å². The van der Waals surface area contributed by atoms with Crippen molar-refractivity contribution in [2.75, 3.05) is 6.61 Å². The van der Waals surface area contributed by atoms with E-state index in [9.17, 15) is 20.4 Å². The van der Waals surface area contributed by atoms with Crippen molar-refractivity contribution >= 4 is 0 Å². The van der Waals surface area contributed by atoms with Gasteiger partial charge in [0, 0.05) is 11.3 Å². The molecule has 8 heteroatoms. The molecule has 0 aromatic carbocycles. The highest BCUT2D eigenvalue weighted by molar-refractivity contribution is 5.34. The van der Waals surface area contributed by atoms with Crippen molar-refractivity contribution in [2.45, 2.75) is 162 Å². The van der Waals surface area contributed by atoms with Gasteiger partial charge in [0.05, 0.1) is 24.9 Å². The first-order valence-corrected chi connectivity index (χ1v) is 17.8. The van der Waals surface area contributed by atoms with Crippen LogP contribution in [0.4, 0.5) is 0 Å². The average molecular weight is 619 g/mol. The molecule has 3 saturated heterocycles. The summed E-state index contributed by atoms with van der Waals surface area (Å²) in [6, 6.07) is 0. The molecule has 4 N–H and O–H groups in total. The van der Waals surface area contributed by atoms with E-state index in [2.05, 4.69) is 55.4 Å². The summed E-state index contributed by atoms with van der Waals surface area (Å²) < 4.78 is 26.2. The molecule has 3 aliphatic heterocycles. The molecule has 44 heavy (non-hydrogen) atoms. The maximum absolute atomic E-state index is 12.7. The predicted octanol–water partition coefficient (Wildman–Crippen LogP) is 4.40. The van der Waals surface area contributed by atoms with Crippen LogP contribution < -0.4 is 0 Å². The second-order valence-electron chi connectivity index (χ2n) is 19.0. The molecule has 3 spiro atoms. The SMILES string of the molecule is C[C@@H]1C[C@H]2OC3(O[C@@H]2C(C)(C)C)[C@H](O)[C@@]2(C)[C@@H]4CC[C@H]5C(C)(C)[C@@H](O[C@@H]6OC[C@@H](O)[C@H](O)[C@H]6O)CC[C@@]56C[C@@]46CC[C@]2(C)[C@@H]13. The summed E-state index contributed by atoms with van der Waals surface area (Å²) in [5.41, 5.74) is -0.112. The van der Waals surface area contributed by atoms with Crippen LogP contribution in [0.1, 0.15) is 107 Å². The summed E-state index contributed by atoms with van der Waals surface area (Å²) in [6.45, 7) is 18.6. The highest BCUT2D eigenvalue weighted by Crippen LogP contribution is 2.90.